The van der Waals surface area contributed by atoms with Crippen molar-refractivity contribution in [3.63, 3.8) is 0 Å². The van der Waals surface area contributed by atoms with Gasteiger partial charge in [-0.15, -0.1) is 0 Å². The van der Waals surface area contributed by atoms with Crippen molar-refractivity contribution >= 4 is 39.0 Å². The molecule has 0 saturated heterocycles. The molecule has 0 aliphatic heterocycles. The minimum absolute atomic E-state index is 0.168. The van der Waals surface area contributed by atoms with E-state index in [4.69, 9.17) is 9.15 Å². The predicted octanol–water partition coefficient (Wildman–Crippen LogP) is 5.08. The molecular formula is C27H18BrFN4O4. The summed E-state index contributed by atoms with van der Waals surface area (Å²) >= 11 is 3.33. The van der Waals surface area contributed by atoms with Crippen molar-refractivity contribution in [2.24, 2.45) is 5.10 Å². The first kappa shape index (κ1) is 24.1. The quantitative estimate of drug-likeness (QED) is 0.221. The molecule has 2 heterocycles. The zero-order chi connectivity index (χ0) is 25.8. The monoisotopic (exact) mass is 560 g/mol. The van der Waals surface area contributed by atoms with Crippen molar-refractivity contribution in [2.75, 3.05) is 6.61 Å². The van der Waals surface area contributed by atoms with Crippen molar-refractivity contribution in [3.8, 4) is 22.7 Å². The molecule has 184 valence electrons. The Morgan fingerprint density at radius 2 is 1.97 bits per heavy atom. The van der Waals surface area contributed by atoms with Gasteiger partial charge in [-0.25, -0.2) is 14.5 Å². The lowest BCUT2D eigenvalue weighted by atomic mass is 10.1. The maximum Gasteiger partial charge on any atom is 0.277 e. The summed E-state index contributed by atoms with van der Waals surface area (Å²) in [5.74, 6) is -0.742. The third-order valence-electron chi connectivity index (χ3n) is 5.37. The summed E-state index contributed by atoms with van der Waals surface area (Å²) in [6.45, 7) is -0.394. The second-order valence-electron chi connectivity index (χ2n) is 7.85. The van der Waals surface area contributed by atoms with Crippen LogP contribution in [-0.2, 0) is 4.79 Å². The molecule has 3 aromatic carbocycles. The Kier molecular flexibility index (Phi) is 6.91. The summed E-state index contributed by atoms with van der Waals surface area (Å²) in [7, 11) is 0. The average molecular weight is 561 g/mol. The number of halogens is 2. The molecule has 0 fully saturated rings. The molecule has 5 rings (SSSR count). The zero-order valence-electron chi connectivity index (χ0n) is 19.1. The molecule has 37 heavy (non-hydrogen) atoms. The molecule has 8 nitrogen and oxygen atoms in total. The van der Waals surface area contributed by atoms with E-state index in [0.29, 0.717) is 28.0 Å². The molecule has 1 amide bonds. The lowest BCUT2D eigenvalue weighted by Gasteiger charge is -2.13. The summed E-state index contributed by atoms with van der Waals surface area (Å²) < 4.78 is 27.7. The van der Waals surface area contributed by atoms with Crippen LogP contribution in [0.1, 0.15) is 5.56 Å². The van der Waals surface area contributed by atoms with E-state index in [1.165, 1.54) is 30.7 Å². The van der Waals surface area contributed by atoms with Gasteiger partial charge in [-0.3, -0.25) is 9.59 Å². The van der Waals surface area contributed by atoms with Crippen molar-refractivity contribution < 1.29 is 18.3 Å². The smallest absolute Gasteiger partial charge is 0.277 e. The van der Waals surface area contributed by atoms with Crippen LogP contribution in [0.4, 0.5) is 4.39 Å². The minimum Gasteiger partial charge on any atom is -0.483 e. The number of fused-ring (bicyclic) bond motifs is 1. The number of amides is 1. The van der Waals surface area contributed by atoms with Gasteiger partial charge in [0.1, 0.15) is 23.4 Å². The van der Waals surface area contributed by atoms with Gasteiger partial charge in [0, 0.05) is 10.0 Å². The number of benzene rings is 3. The third-order valence-corrected chi connectivity index (χ3v) is 5.87. The number of hydrogen-bond donors (Lipinski definition) is 1. The summed E-state index contributed by atoms with van der Waals surface area (Å²) in [4.78, 5) is 25.0. The van der Waals surface area contributed by atoms with Crippen LogP contribution in [0.25, 0.3) is 27.9 Å². The predicted molar refractivity (Wildman–Crippen MR) is 140 cm³/mol. The molecule has 0 unspecified atom stereocenters. The number of carbonyl (C=O) groups is 1. The molecular weight excluding hydrogens is 543 g/mol. The Morgan fingerprint density at radius 3 is 2.81 bits per heavy atom. The first-order valence-corrected chi connectivity index (χ1v) is 11.8. The van der Waals surface area contributed by atoms with Gasteiger partial charge in [-0.1, -0.05) is 34.1 Å². The number of rotatable bonds is 7. The maximum absolute atomic E-state index is 14.1. The van der Waals surface area contributed by atoms with E-state index in [-0.39, 0.29) is 11.0 Å². The van der Waals surface area contributed by atoms with E-state index in [1.807, 2.05) is 30.3 Å². The highest BCUT2D eigenvalue weighted by Gasteiger charge is 2.15. The van der Waals surface area contributed by atoms with Crippen LogP contribution < -0.4 is 15.6 Å². The Bertz CT molecular complexity index is 1680. The molecule has 0 atom stereocenters. The molecule has 0 spiro atoms. The fourth-order valence-corrected chi connectivity index (χ4v) is 4.03. The van der Waals surface area contributed by atoms with E-state index in [0.717, 1.165) is 10.2 Å². The third kappa shape index (κ3) is 5.34. The highest BCUT2D eigenvalue weighted by molar-refractivity contribution is 9.10. The van der Waals surface area contributed by atoms with Gasteiger partial charge in [0.25, 0.3) is 5.91 Å². The topological polar surface area (TPSA) is 98.7 Å². The number of hydrogen-bond acceptors (Lipinski definition) is 6. The molecule has 5 aromatic rings. The molecule has 0 saturated carbocycles. The van der Waals surface area contributed by atoms with Gasteiger partial charge < -0.3 is 9.15 Å². The lowest BCUT2D eigenvalue weighted by molar-refractivity contribution is -0.123. The number of para-hydroxylation sites is 1. The van der Waals surface area contributed by atoms with E-state index >= 15 is 0 Å². The first-order valence-electron chi connectivity index (χ1n) is 11.0. The molecule has 2 aromatic heterocycles. The Balaban J connectivity index is 1.30. The number of aromatic nitrogens is 2. The van der Waals surface area contributed by atoms with Gasteiger partial charge in [-0.05, 0) is 54.6 Å². The van der Waals surface area contributed by atoms with Crippen LogP contribution in [0.3, 0.4) is 0 Å². The fourth-order valence-electron chi connectivity index (χ4n) is 3.67. The SMILES string of the molecule is O=C(COc1ccc(F)cc1-c1ccnn1-c1ccccc1)N/N=C/c1coc2ccc(Br)cc2c1=O. The average Bonchev–Trinajstić information content (AvgIpc) is 3.40. The van der Waals surface area contributed by atoms with E-state index < -0.39 is 18.3 Å². The van der Waals surface area contributed by atoms with Crippen LogP contribution in [0.5, 0.6) is 5.75 Å². The van der Waals surface area contributed by atoms with Crippen molar-refractivity contribution in [2.45, 2.75) is 0 Å². The summed E-state index contributed by atoms with van der Waals surface area (Å²) in [6.07, 6.45) is 4.07. The first-order chi connectivity index (χ1) is 18.0. The molecule has 0 bridgehead atoms. The fraction of sp³-hybridized carbons (Fsp3) is 0.0370. The standard InChI is InChI=1S/C27H18BrFN4O4/c28-18-6-8-25-22(12-18)27(35)17(15-36-25)14-30-32-26(34)16-37-24-9-7-19(29)13-21(24)23-10-11-31-33(23)20-4-2-1-3-5-20/h1-15H,16H2,(H,32,34)/b30-14+. The largest absolute Gasteiger partial charge is 0.483 e. The number of nitrogens with one attached hydrogen (secondary N) is 1. The van der Waals surface area contributed by atoms with Gasteiger partial charge in [-0.2, -0.15) is 10.2 Å². The highest BCUT2D eigenvalue weighted by atomic mass is 79.9. The molecule has 10 heteroatoms. The molecule has 0 aliphatic rings. The van der Waals surface area contributed by atoms with E-state index in [1.54, 1.807) is 35.1 Å². The van der Waals surface area contributed by atoms with Crippen molar-refractivity contribution in [1.29, 1.82) is 0 Å². The maximum atomic E-state index is 14.1. The lowest BCUT2D eigenvalue weighted by Crippen LogP contribution is -2.25. The second-order valence-corrected chi connectivity index (χ2v) is 8.76. The van der Waals surface area contributed by atoms with Crippen LogP contribution in [0.2, 0.25) is 0 Å². The van der Waals surface area contributed by atoms with Gasteiger partial charge >= 0.3 is 0 Å². The highest BCUT2D eigenvalue weighted by Crippen LogP contribution is 2.32. The van der Waals surface area contributed by atoms with Crippen LogP contribution >= 0.6 is 15.9 Å². The second kappa shape index (κ2) is 10.6. The molecule has 0 aliphatic carbocycles. The van der Waals surface area contributed by atoms with Crippen LogP contribution in [-0.4, -0.2) is 28.5 Å². The van der Waals surface area contributed by atoms with Gasteiger partial charge in [0.2, 0.25) is 5.43 Å². The summed E-state index contributed by atoms with van der Waals surface area (Å²) in [6, 6.07) is 20.2. The van der Waals surface area contributed by atoms with Crippen LogP contribution in [0.15, 0.2) is 104 Å². The Hall–Kier alpha value is -4.57. The molecule has 0 radical (unpaired) electrons. The zero-order valence-corrected chi connectivity index (χ0v) is 20.7. The van der Waals surface area contributed by atoms with Gasteiger partial charge in [0.15, 0.2) is 6.61 Å². The van der Waals surface area contributed by atoms with Gasteiger partial charge in [0.05, 0.1) is 34.7 Å². The van der Waals surface area contributed by atoms with E-state index in [9.17, 15) is 14.0 Å². The minimum atomic E-state index is -0.573. The van der Waals surface area contributed by atoms with Crippen molar-refractivity contribution in [3.05, 3.63) is 111 Å². The summed E-state index contributed by atoms with van der Waals surface area (Å²) in [5.41, 5.74) is 4.44. The Morgan fingerprint density at radius 1 is 1.14 bits per heavy atom. The van der Waals surface area contributed by atoms with Crippen molar-refractivity contribution in [1.82, 2.24) is 15.2 Å². The van der Waals surface area contributed by atoms with E-state index in [2.05, 4.69) is 31.6 Å². The number of nitrogens with zero attached hydrogens (tertiary/aromatic N) is 3. The Labute approximate surface area is 218 Å². The number of hydrazone groups is 1. The number of carbonyl (C=O) groups excluding carboxylic acids is 1. The molecule has 1 N–H and O–H groups in total. The normalized spacial score (nSPS) is 11.2. The number of ether oxygens (including phenoxy) is 1. The van der Waals surface area contributed by atoms with Crippen LogP contribution in [0, 0.1) is 5.82 Å². The summed E-state index contributed by atoms with van der Waals surface area (Å²) in [5, 5.41) is 8.55.